The molecule has 0 bridgehead atoms. The minimum atomic E-state index is 0.702. The van der Waals surface area contributed by atoms with Crippen LogP contribution in [0.25, 0.3) is 0 Å². The Kier molecular flexibility index (Phi) is 3.92. The Morgan fingerprint density at radius 1 is 1.15 bits per heavy atom. The third-order valence-corrected chi connectivity index (χ3v) is 3.50. The van der Waals surface area contributed by atoms with Gasteiger partial charge in [0, 0.05) is 24.8 Å². The van der Waals surface area contributed by atoms with E-state index in [0.717, 1.165) is 30.3 Å². The Morgan fingerprint density at radius 3 is 2.55 bits per heavy atom. The van der Waals surface area contributed by atoms with Crippen LogP contribution in [0.4, 0.5) is 11.5 Å². The number of rotatable bonds is 6. The summed E-state index contributed by atoms with van der Waals surface area (Å²) < 4.78 is 0. The van der Waals surface area contributed by atoms with Crippen LogP contribution in [0.1, 0.15) is 25.5 Å². The number of nitrogens with zero attached hydrogens (tertiary/aromatic N) is 3. The Morgan fingerprint density at radius 2 is 1.95 bits per heavy atom. The van der Waals surface area contributed by atoms with E-state index in [2.05, 4.69) is 39.2 Å². The van der Waals surface area contributed by atoms with Gasteiger partial charge in [0.25, 0.3) is 0 Å². The van der Waals surface area contributed by atoms with E-state index in [4.69, 9.17) is 0 Å². The van der Waals surface area contributed by atoms with Gasteiger partial charge in [-0.1, -0.05) is 18.2 Å². The molecule has 4 heteroatoms. The molecular formula is C16H20N4. The normalized spacial score (nSPS) is 14.2. The Labute approximate surface area is 119 Å². The minimum absolute atomic E-state index is 0.702. The zero-order valence-electron chi connectivity index (χ0n) is 11.8. The molecule has 0 atom stereocenters. The van der Waals surface area contributed by atoms with Crippen molar-refractivity contribution in [1.29, 1.82) is 0 Å². The van der Waals surface area contributed by atoms with Crippen molar-refractivity contribution in [2.45, 2.75) is 32.4 Å². The van der Waals surface area contributed by atoms with Crippen molar-refractivity contribution in [3.8, 4) is 0 Å². The second-order valence-corrected chi connectivity index (χ2v) is 5.10. The standard InChI is InChI=1S/C16H20N4/c1-2-20(15-6-4-3-5-7-15)16-12-18-14(11-19-16)10-17-13-8-9-13/h3-7,11-13,17H,2,8-10H2,1H3. The third-order valence-electron chi connectivity index (χ3n) is 3.50. The fourth-order valence-corrected chi connectivity index (χ4v) is 2.20. The number of para-hydroxylation sites is 1. The molecule has 0 aliphatic heterocycles. The van der Waals surface area contributed by atoms with Crippen molar-refractivity contribution in [3.05, 3.63) is 48.4 Å². The van der Waals surface area contributed by atoms with Crippen LogP contribution in [-0.4, -0.2) is 22.6 Å². The molecule has 20 heavy (non-hydrogen) atoms. The number of anilines is 2. The molecule has 0 radical (unpaired) electrons. The monoisotopic (exact) mass is 268 g/mol. The number of hydrogen-bond donors (Lipinski definition) is 1. The summed E-state index contributed by atoms with van der Waals surface area (Å²) in [5, 5.41) is 3.45. The predicted molar refractivity (Wildman–Crippen MR) is 81.0 cm³/mol. The highest BCUT2D eigenvalue weighted by Gasteiger charge is 2.20. The highest BCUT2D eigenvalue weighted by Crippen LogP contribution is 2.22. The molecule has 2 aromatic rings. The molecule has 0 unspecified atom stereocenters. The van der Waals surface area contributed by atoms with Crippen molar-refractivity contribution in [2.75, 3.05) is 11.4 Å². The first-order valence-electron chi connectivity index (χ1n) is 7.23. The summed E-state index contributed by atoms with van der Waals surface area (Å²) in [5.41, 5.74) is 2.15. The highest BCUT2D eigenvalue weighted by atomic mass is 15.2. The first-order chi connectivity index (χ1) is 9.86. The SMILES string of the molecule is CCN(c1ccccc1)c1cnc(CNC2CC2)cn1. The van der Waals surface area contributed by atoms with Gasteiger partial charge < -0.3 is 10.2 Å². The van der Waals surface area contributed by atoms with E-state index < -0.39 is 0 Å². The molecule has 1 heterocycles. The Balaban J connectivity index is 1.71. The van der Waals surface area contributed by atoms with E-state index in [1.807, 2.05) is 30.6 Å². The summed E-state index contributed by atoms with van der Waals surface area (Å²) in [6, 6.07) is 11.0. The van der Waals surface area contributed by atoms with Gasteiger partial charge in [-0.3, -0.25) is 4.98 Å². The summed E-state index contributed by atoms with van der Waals surface area (Å²) in [4.78, 5) is 11.2. The van der Waals surface area contributed by atoms with Crippen LogP contribution in [0.15, 0.2) is 42.7 Å². The lowest BCUT2D eigenvalue weighted by Crippen LogP contribution is -2.19. The van der Waals surface area contributed by atoms with Crippen molar-refractivity contribution >= 4 is 11.5 Å². The van der Waals surface area contributed by atoms with E-state index in [1.54, 1.807) is 0 Å². The lowest BCUT2D eigenvalue weighted by atomic mass is 10.3. The maximum atomic E-state index is 4.55. The van der Waals surface area contributed by atoms with Gasteiger partial charge >= 0.3 is 0 Å². The van der Waals surface area contributed by atoms with Crippen molar-refractivity contribution < 1.29 is 0 Å². The summed E-state index contributed by atoms with van der Waals surface area (Å²) in [7, 11) is 0. The van der Waals surface area contributed by atoms with Crippen molar-refractivity contribution in [2.24, 2.45) is 0 Å². The average Bonchev–Trinajstić information content (AvgIpc) is 3.33. The largest absolute Gasteiger partial charge is 0.325 e. The summed E-state index contributed by atoms with van der Waals surface area (Å²) in [5.74, 6) is 0.897. The predicted octanol–water partition coefficient (Wildman–Crippen LogP) is 2.89. The summed E-state index contributed by atoms with van der Waals surface area (Å²) in [6.45, 7) is 3.81. The molecule has 1 saturated carbocycles. The molecule has 1 aromatic heterocycles. The molecule has 1 fully saturated rings. The van der Waals surface area contributed by atoms with Gasteiger partial charge in [0.2, 0.25) is 0 Å². The molecule has 1 N–H and O–H groups in total. The molecule has 0 amide bonds. The van der Waals surface area contributed by atoms with Crippen molar-refractivity contribution in [3.63, 3.8) is 0 Å². The number of nitrogens with one attached hydrogen (secondary N) is 1. The smallest absolute Gasteiger partial charge is 0.151 e. The molecule has 0 spiro atoms. The molecule has 4 nitrogen and oxygen atoms in total. The highest BCUT2D eigenvalue weighted by molar-refractivity contribution is 5.58. The average molecular weight is 268 g/mol. The zero-order valence-corrected chi connectivity index (χ0v) is 11.8. The maximum absolute atomic E-state index is 4.55. The van der Waals surface area contributed by atoms with E-state index >= 15 is 0 Å². The second kappa shape index (κ2) is 6.01. The van der Waals surface area contributed by atoms with Crippen LogP contribution < -0.4 is 10.2 Å². The quantitative estimate of drug-likeness (QED) is 0.874. The van der Waals surface area contributed by atoms with E-state index in [1.165, 1.54) is 12.8 Å². The first-order valence-corrected chi connectivity index (χ1v) is 7.23. The van der Waals surface area contributed by atoms with Crippen LogP contribution in [0.2, 0.25) is 0 Å². The molecule has 1 aromatic carbocycles. The van der Waals surface area contributed by atoms with Crippen LogP contribution in [-0.2, 0) is 6.54 Å². The topological polar surface area (TPSA) is 41.1 Å². The molecule has 104 valence electrons. The lowest BCUT2D eigenvalue weighted by Gasteiger charge is -2.21. The van der Waals surface area contributed by atoms with Gasteiger partial charge in [-0.05, 0) is 31.9 Å². The molecule has 0 saturated heterocycles. The van der Waals surface area contributed by atoms with Crippen LogP contribution in [0, 0.1) is 0 Å². The Hall–Kier alpha value is -1.94. The molecule has 1 aliphatic carbocycles. The summed E-state index contributed by atoms with van der Waals surface area (Å²) >= 11 is 0. The fourth-order valence-electron chi connectivity index (χ4n) is 2.20. The number of aromatic nitrogens is 2. The lowest BCUT2D eigenvalue weighted by molar-refractivity contribution is 0.671. The third kappa shape index (κ3) is 3.14. The van der Waals surface area contributed by atoms with E-state index in [9.17, 15) is 0 Å². The van der Waals surface area contributed by atoms with Gasteiger partial charge in [0.15, 0.2) is 5.82 Å². The maximum Gasteiger partial charge on any atom is 0.151 e. The van der Waals surface area contributed by atoms with Crippen LogP contribution >= 0.6 is 0 Å². The van der Waals surface area contributed by atoms with Crippen LogP contribution in [0.3, 0.4) is 0 Å². The van der Waals surface area contributed by atoms with Crippen molar-refractivity contribution in [1.82, 2.24) is 15.3 Å². The summed E-state index contributed by atoms with van der Waals surface area (Å²) in [6.07, 6.45) is 6.32. The molecule has 3 rings (SSSR count). The minimum Gasteiger partial charge on any atom is -0.325 e. The first kappa shape index (κ1) is 13.1. The number of benzene rings is 1. The van der Waals surface area contributed by atoms with Gasteiger partial charge in [-0.25, -0.2) is 4.98 Å². The zero-order chi connectivity index (χ0) is 13.8. The second-order valence-electron chi connectivity index (χ2n) is 5.10. The van der Waals surface area contributed by atoms with Crippen LogP contribution in [0.5, 0.6) is 0 Å². The van der Waals surface area contributed by atoms with E-state index in [0.29, 0.717) is 6.04 Å². The van der Waals surface area contributed by atoms with E-state index in [-0.39, 0.29) is 0 Å². The van der Waals surface area contributed by atoms with Gasteiger partial charge in [0.05, 0.1) is 18.1 Å². The van der Waals surface area contributed by atoms with Gasteiger partial charge in [-0.2, -0.15) is 0 Å². The number of hydrogen-bond acceptors (Lipinski definition) is 4. The Bertz CT molecular complexity index is 534. The van der Waals surface area contributed by atoms with Gasteiger partial charge in [-0.15, -0.1) is 0 Å². The molecule has 1 aliphatic rings. The molecular weight excluding hydrogens is 248 g/mol. The van der Waals surface area contributed by atoms with Gasteiger partial charge in [0.1, 0.15) is 0 Å². The fraction of sp³-hybridized carbons (Fsp3) is 0.375.